The zero-order chi connectivity index (χ0) is 12.3. The molecule has 1 amide bonds. The van der Waals surface area contributed by atoms with Crippen molar-refractivity contribution < 1.29 is 9.90 Å². The lowest BCUT2D eigenvalue weighted by atomic mass is 10.00. The zero-order valence-electron chi connectivity index (χ0n) is 10.7. The standard InChI is InChI=1S/C13H24N2O2/c1-2-3-6-14-13(17)9-15-7-10-4-5-12(16)11(10)8-15/h10-12,16H,2-9H2,1H3,(H,14,17). The maximum absolute atomic E-state index is 11.7. The second kappa shape index (κ2) is 5.83. The number of aliphatic hydroxyl groups is 1. The molecule has 2 rings (SSSR count). The molecule has 3 unspecified atom stereocenters. The molecular weight excluding hydrogens is 216 g/mol. The van der Waals surface area contributed by atoms with Gasteiger partial charge in [0.15, 0.2) is 0 Å². The lowest BCUT2D eigenvalue weighted by Crippen LogP contribution is -2.37. The van der Waals surface area contributed by atoms with Gasteiger partial charge in [-0.05, 0) is 25.2 Å². The molecule has 0 radical (unpaired) electrons. The minimum absolute atomic E-state index is 0.131. The number of hydrogen-bond acceptors (Lipinski definition) is 3. The summed E-state index contributed by atoms with van der Waals surface area (Å²) in [7, 11) is 0. The molecule has 1 saturated heterocycles. The van der Waals surface area contributed by atoms with E-state index in [0.717, 1.165) is 45.3 Å². The van der Waals surface area contributed by atoms with Crippen LogP contribution in [-0.4, -0.2) is 48.2 Å². The number of carbonyl (C=O) groups excluding carboxylic acids is 1. The molecule has 0 aromatic heterocycles. The predicted molar refractivity (Wildman–Crippen MR) is 66.6 cm³/mol. The molecule has 1 heterocycles. The normalized spacial score (nSPS) is 32.7. The third kappa shape index (κ3) is 3.19. The third-order valence-corrected chi connectivity index (χ3v) is 4.11. The summed E-state index contributed by atoms with van der Waals surface area (Å²) < 4.78 is 0. The number of aliphatic hydroxyl groups excluding tert-OH is 1. The van der Waals surface area contributed by atoms with Gasteiger partial charge in [-0.25, -0.2) is 0 Å². The maximum Gasteiger partial charge on any atom is 0.234 e. The fourth-order valence-electron chi connectivity index (χ4n) is 3.12. The smallest absolute Gasteiger partial charge is 0.234 e. The predicted octanol–water partition coefficient (Wildman–Crippen LogP) is 0.605. The van der Waals surface area contributed by atoms with Gasteiger partial charge in [-0.3, -0.25) is 9.69 Å². The Morgan fingerprint density at radius 3 is 2.94 bits per heavy atom. The first-order chi connectivity index (χ1) is 8.20. The molecule has 0 spiro atoms. The van der Waals surface area contributed by atoms with Crippen molar-refractivity contribution in [2.24, 2.45) is 11.8 Å². The van der Waals surface area contributed by atoms with Gasteiger partial charge in [-0.2, -0.15) is 0 Å². The number of likely N-dealkylation sites (tertiary alicyclic amines) is 1. The largest absolute Gasteiger partial charge is 0.393 e. The topological polar surface area (TPSA) is 52.6 Å². The van der Waals surface area contributed by atoms with Crippen LogP contribution in [0.25, 0.3) is 0 Å². The molecule has 4 nitrogen and oxygen atoms in total. The van der Waals surface area contributed by atoms with Gasteiger partial charge in [0.05, 0.1) is 12.6 Å². The fraction of sp³-hybridized carbons (Fsp3) is 0.923. The SMILES string of the molecule is CCCCNC(=O)CN1CC2CCC(O)C2C1. The Bertz CT molecular complexity index is 270. The van der Waals surface area contributed by atoms with E-state index in [1.54, 1.807) is 0 Å². The summed E-state index contributed by atoms with van der Waals surface area (Å²) >= 11 is 0. The number of hydrogen-bond donors (Lipinski definition) is 2. The second-order valence-corrected chi connectivity index (χ2v) is 5.47. The lowest BCUT2D eigenvalue weighted by Gasteiger charge is -2.17. The summed E-state index contributed by atoms with van der Waals surface area (Å²) in [6.45, 7) is 5.30. The molecule has 0 bridgehead atoms. The lowest BCUT2D eigenvalue weighted by molar-refractivity contribution is -0.122. The molecule has 0 aromatic carbocycles. The summed E-state index contributed by atoms with van der Waals surface area (Å²) in [6.07, 6.45) is 4.11. The van der Waals surface area contributed by atoms with Crippen molar-refractivity contribution in [3.05, 3.63) is 0 Å². The molecule has 17 heavy (non-hydrogen) atoms. The first kappa shape index (κ1) is 12.8. The highest BCUT2D eigenvalue weighted by molar-refractivity contribution is 5.78. The van der Waals surface area contributed by atoms with Gasteiger partial charge in [0.25, 0.3) is 0 Å². The number of amides is 1. The summed E-state index contributed by atoms with van der Waals surface area (Å²) in [5.74, 6) is 1.17. The summed E-state index contributed by atoms with van der Waals surface area (Å²) in [5.41, 5.74) is 0. The molecule has 2 fully saturated rings. The highest BCUT2D eigenvalue weighted by atomic mass is 16.3. The summed E-state index contributed by atoms with van der Waals surface area (Å²) in [5, 5.41) is 12.7. The van der Waals surface area contributed by atoms with E-state index >= 15 is 0 Å². The van der Waals surface area contributed by atoms with Gasteiger partial charge in [0, 0.05) is 25.6 Å². The van der Waals surface area contributed by atoms with Crippen LogP contribution in [0.3, 0.4) is 0 Å². The average Bonchev–Trinajstić information content (AvgIpc) is 2.82. The minimum Gasteiger partial charge on any atom is -0.393 e. The van der Waals surface area contributed by atoms with E-state index in [4.69, 9.17) is 0 Å². The van der Waals surface area contributed by atoms with Gasteiger partial charge in [0.1, 0.15) is 0 Å². The fourth-order valence-corrected chi connectivity index (χ4v) is 3.12. The first-order valence-corrected chi connectivity index (χ1v) is 6.87. The van der Waals surface area contributed by atoms with Gasteiger partial charge in [-0.15, -0.1) is 0 Å². The highest BCUT2D eigenvalue weighted by Crippen LogP contribution is 2.37. The Kier molecular flexibility index (Phi) is 4.40. The van der Waals surface area contributed by atoms with E-state index < -0.39 is 0 Å². The molecular formula is C13H24N2O2. The number of nitrogens with one attached hydrogen (secondary N) is 1. The molecule has 0 aromatic rings. The van der Waals surface area contributed by atoms with Gasteiger partial charge in [0.2, 0.25) is 5.91 Å². The Labute approximate surface area is 103 Å². The highest BCUT2D eigenvalue weighted by Gasteiger charge is 2.41. The van der Waals surface area contributed by atoms with Crippen molar-refractivity contribution in [1.29, 1.82) is 0 Å². The van der Waals surface area contributed by atoms with E-state index in [-0.39, 0.29) is 12.0 Å². The first-order valence-electron chi connectivity index (χ1n) is 6.87. The average molecular weight is 240 g/mol. The Balaban J connectivity index is 1.69. The van der Waals surface area contributed by atoms with Gasteiger partial charge < -0.3 is 10.4 Å². The van der Waals surface area contributed by atoms with Crippen LogP contribution in [0.15, 0.2) is 0 Å². The van der Waals surface area contributed by atoms with E-state index in [2.05, 4.69) is 17.1 Å². The molecule has 2 N–H and O–H groups in total. The van der Waals surface area contributed by atoms with Crippen LogP contribution in [0.5, 0.6) is 0 Å². The van der Waals surface area contributed by atoms with Crippen LogP contribution in [0, 0.1) is 11.8 Å². The minimum atomic E-state index is -0.131. The summed E-state index contributed by atoms with van der Waals surface area (Å²) in [4.78, 5) is 13.9. The van der Waals surface area contributed by atoms with Gasteiger partial charge >= 0.3 is 0 Å². The van der Waals surface area contributed by atoms with Crippen LogP contribution >= 0.6 is 0 Å². The number of rotatable bonds is 5. The van der Waals surface area contributed by atoms with Crippen LogP contribution in [0.4, 0.5) is 0 Å². The van der Waals surface area contributed by atoms with E-state index in [1.807, 2.05) is 0 Å². The van der Waals surface area contributed by atoms with Gasteiger partial charge in [-0.1, -0.05) is 13.3 Å². The maximum atomic E-state index is 11.7. The van der Waals surface area contributed by atoms with Crippen LogP contribution in [-0.2, 0) is 4.79 Å². The Morgan fingerprint density at radius 1 is 1.41 bits per heavy atom. The van der Waals surface area contributed by atoms with E-state index in [0.29, 0.717) is 18.4 Å². The second-order valence-electron chi connectivity index (χ2n) is 5.47. The number of carbonyl (C=O) groups is 1. The Hall–Kier alpha value is -0.610. The molecule has 1 saturated carbocycles. The molecule has 4 heteroatoms. The van der Waals surface area contributed by atoms with Crippen molar-refractivity contribution in [3.8, 4) is 0 Å². The molecule has 98 valence electrons. The number of nitrogens with zero attached hydrogens (tertiary/aromatic N) is 1. The summed E-state index contributed by atoms with van der Waals surface area (Å²) in [6, 6.07) is 0. The van der Waals surface area contributed by atoms with Crippen LogP contribution in [0.2, 0.25) is 0 Å². The third-order valence-electron chi connectivity index (χ3n) is 4.11. The van der Waals surface area contributed by atoms with Crippen molar-refractivity contribution in [1.82, 2.24) is 10.2 Å². The number of fused-ring (bicyclic) bond motifs is 1. The molecule has 1 aliphatic carbocycles. The molecule has 1 aliphatic heterocycles. The van der Waals surface area contributed by atoms with Crippen molar-refractivity contribution in [2.45, 2.75) is 38.7 Å². The Morgan fingerprint density at radius 2 is 2.24 bits per heavy atom. The van der Waals surface area contributed by atoms with Crippen LogP contribution in [0.1, 0.15) is 32.6 Å². The zero-order valence-corrected chi connectivity index (χ0v) is 10.7. The molecule has 3 atom stereocenters. The van der Waals surface area contributed by atoms with Crippen molar-refractivity contribution in [2.75, 3.05) is 26.2 Å². The number of unbranched alkanes of at least 4 members (excludes halogenated alkanes) is 1. The van der Waals surface area contributed by atoms with E-state index in [1.165, 1.54) is 0 Å². The van der Waals surface area contributed by atoms with Crippen LogP contribution < -0.4 is 5.32 Å². The molecule has 2 aliphatic rings. The van der Waals surface area contributed by atoms with Crippen molar-refractivity contribution in [3.63, 3.8) is 0 Å². The van der Waals surface area contributed by atoms with E-state index in [9.17, 15) is 9.90 Å². The monoisotopic (exact) mass is 240 g/mol. The van der Waals surface area contributed by atoms with Crippen molar-refractivity contribution >= 4 is 5.91 Å². The quantitative estimate of drug-likeness (QED) is 0.692.